The van der Waals surface area contributed by atoms with Gasteiger partial charge in [0.15, 0.2) is 0 Å². The first-order valence-corrected chi connectivity index (χ1v) is 9.10. The fraction of sp³-hybridized carbons (Fsp3) is 0.389. The summed E-state index contributed by atoms with van der Waals surface area (Å²) >= 11 is 1.28. The second kappa shape index (κ2) is 7.05. The van der Waals surface area contributed by atoms with Crippen LogP contribution in [0.25, 0.3) is 10.2 Å². The minimum absolute atomic E-state index is 0.191. The number of aromatic nitrogens is 2. The fourth-order valence-electron chi connectivity index (χ4n) is 2.69. The van der Waals surface area contributed by atoms with Crippen molar-refractivity contribution < 1.29 is 19.1 Å². The average molecular weight is 375 g/mol. The van der Waals surface area contributed by atoms with E-state index in [2.05, 4.69) is 15.3 Å². The molecule has 1 unspecified atom stereocenters. The van der Waals surface area contributed by atoms with Crippen LogP contribution in [0.4, 0.5) is 5.82 Å². The third-order valence-electron chi connectivity index (χ3n) is 4.01. The standard InChI is InChI=1S/C18H21N3O4S/c1-5-24-17(22)14-10(2)13-15(20-11(3)21-16(13)26-14)19-9-18(4,23)12-7-6-8-25-12/h6-8,23H,5,9H2,1-4H3,(H,19,20,21). The highest BCUT2D eigenvalue weighted by Crippen LogP contribution is 2.35. The predicted molar refractivity (Wildman–Crippen MR) is 99.6 cm³/mol. The Labute approximate surface area is 155 Å². The lowest BCUT2D eigenvalue weighted by Gasteiger charge is -2.22. The van der Waals surface area contributed by atoms with Gasteiger partial charge in [0.1, 0.15) is 32.7 Å². The molecule has 26 heavy (non-hydrogen) atoms. The Morgan fingerprint density at radius 2 is 2.19 bits per heavy atom. The number of hydrogen-bond acceptors (Lipinski definition) is 8. The molecule has 3 aromatic rings. The second-order valence-corrected chi connectivity index (χ2v) is 7.18. The summed E-state index contributed by atoms with van der Waals surface area (Å²) in [4.78, 5) is 22.3. The molecular formula is C18H21N3O4S. The van der Waals surface area contributed by atoms with Crippen molar-refractivity contribution in [3.8, 4) is 0 Å². The first-order chi connectivity index (χ1) is 12.3. The average Bonchev–Trinajstić information content (AvgIpc) is 3.22. The number of carbonyl (C=O) groups excluding carboxylic acids is 1. The maximum atomic E-state index is 12.2. The van der Waals surface area contributed by atoms with Crippen LogP contribution in [0, 0.1) is 13.8 Å². The number of esters is 1. The molecule has 0 fully saturated rings. The van der Waals surface area contributed by atoms with Crippen molar-refractivity contribution >= 4 is 33.3 Å². The Morgan fingerprint density at radius 1 is 1.42 bits per heavy atom. The third-order valence-corrected chi connectivity index (χ3v) is 5.18. The largest absolute Gasteiger partial charge is 0.466 e. The van der Waals surface area contributed by atoms with Crippen LogP contribution < -0.4 is 5.32 Å². The van der Waals surface area contributed by atoms with E-state index in [0.717, 1.165) is 10.9 Å². The van der Waals surface area contributed by atoms with Crippen molar-refractivity contribution in [1.29, 1.82) is 0 Å². The maximum absolute atomic E-state index is 12.2. The van der Waals surface area contributed by atoms with E-state index in [4.69, 9.17) is 9.15 Å². The number of aryl methyl sites for hydroxylation is 2. The molecule has 0 saturated carbocycles. The predicted octanol–water partition coefficient (Wildman–Crippen LogP) is 3.40. The number of nitrogens with one attached hydrogen (secondary N) is 1. The summed E-state index contributed by atoms with van der Waals surface area (Å²) in [6, 6.07) is 3.45. The van der Waals surface area contributed by atoms with Crippen molar-refractivity contribution in [2.24, 2.45) is 0 Å². The molecule has 3 aromatic heterocycles. The highest BCUT2D eigenvalue weighted by molar-refractivity contribution is 7.20. The molecule has 0 amide bonds. The Hall–Kier alpha value is -2.45. The summed E-state index contributed by atoms with van der Waals surface area (Å²) in [7, 11) is 0. The highest BCUT2D eigenvalue weighted by Gasteiger charge is 2.27. The summed E-state index contributed by atoms with van der Waals surface area (Å²) in [6.45, 7) is 7.57. The lowest BCUT2D eigenvalue weighted by Crippen LogP contribution is -2.30. The molecule has 0 saturated heterocycles. The molecule has 3 rings (SSSR count). The van der Waals surface area contributed by atoms with Gasteiger partial charge in [-0.1, -0.05) is 0 Å². The first-order valence-electron chi connectivity index (χ1n) is 8.28. The zero-order valence-corrected chi connectivity index (χ0v) is 15.9. The lowest BCUT2D eigenvalue weighted by molar-refractivity contribution is 0.0475. The quantitative estimate of drug-likeness (QED) is 0.637. The number of rotatable bonds is 6. The van der Waals surface area contributed by atoms with Crippen molar-refractivity contribution in [2.75, 3.05) is 18.5 Å². The Kier molecular flexibility index (Phi) is 4.97. The second-order valence-electron chi connectivity index (χ2n) is 6.18. The molecular weight excluding hydrogens is 354 g/mol. The number of aliphatic hydroxyl groups is 1. The van der Waals surface area contributed by atoms with Crippen LogP contribution in [-0.4, -0.2) is 34.2 Å². The van der Waals surface area contributed by atoms with Gasteiger partial charge in [-0.25, -0.2) is 14.8 Å². The first kappa shape index (κ1) is 18.3. The van der Waals surface area contributed by atoms with Crippen LogP contribution in [0.5, 0.6) is 0 Å². The third kappa shape index (κ3) is 3.42. The van der Waals surface area contributed by atoms with Gasteiger partial charge in [-0.2, -0.15) is 0 Å². The molecule has 8 heteroatoms. The van der Waals surface area contributed by atoms with Crippen LogP contribution in [0.1, 0.15) is 40.7 Å². The van der Waals surface area contributed by atoms with Crippen LogP contribution in [0.3, 0.4) is 0 Å². The fourth-order valence-corrected chi connectivity index (χ4v) is 3.81. The number of hydrogen-bond donors (Lipinski definition) is 2. The van der Waals surface area contributed by atoms with Crippen LogP contribution in [-0.2, 0) is 10.3 Å². The molecule has 1 atom stereocenters. The molecule has 0 bridgehead atoms. The Morgan fingerprint density at radius 3 is 2.85 bits per heavy atom. The molecule has 0 aliphatic heterocycles. The molecule has 138 valence electrons. The number of fused-ring (bicyclic) bond motifs is 1. The van der Waals surface area contributed by atoms with Gasteiger partial charge in [0, 0.05) is 0 Å². The minimum Gasteiger partial charge on any atom is -0.466 e. The Balaban J connectivity index is 1.96. The topological polar surface area (TPSA) is 97.5 Å². The summed E-state index contributed by atoms with van der Waals surface area (Å²) in [6.07, 6.45) is 1.52. The number of carbonyl (C=O) groups is 1. The normalized spacial score (nSPS) is 13.6. The van der Waals surface area contributed by atoms with Crippen LogP contribution >= 0.6 is 11.3 Å². The smallest absolute Gasteiger partial charge is 0.348 e. The monoisotopic (exact) mass is 375 g/mol. The van der Waals surface area contributed by atoms with Gasteiger partial charge in [0.25, 0.3) is 0 Å². The van der Waals surface area contributed by atoms with Gasteiger partial charge in [0.2, 0.25) is 0 Å². The zero-order valence-electron chi connectivity index (χ0n) is 15.1. The molecule has 3 heterocycles. The van der Waals surface area contributed by atoms with Crippen LogP contribution in [0.15, 0.2) is 22.8 Å². The van der Waals surface area contributed by atoms with Gasteiger partial charge in [-0.15, -0.1) is 11.3 Å². The SMILES string of the molecule is CCOC(=O)c1sc2nc(C)nc(NCC(C)(O)c3ccco3)c2c1C. The molecule has 0 aromatic carbocycles. The number of furan rings is 1. The van der Waals surface area contributed by atoms with Crippen molar-refractivity contribution in [3.05, 3.63) is 40.4 Å². The highest BCUT2D eigenvalue weighted by atomic mass is 32.1. The molecule has 0 aliphatic rings. The molecule has 7 nitrogen and oxygen atoms in total. The van der Waals surface area contributed by atoms with Crippen molar-refractivity contribution in [2.45, 2.75) is 33.3 Å². The van der Waals surface area contributed by atoms with E-state index >= 15 is 0 Å². The molecule has 0 aliphatic carbocycles. The van der Waals surface area contributed by atoms with Gasteiger partial charge in [-0.05, 0) is 45.4 Å². The number of ether oxygens (including phenoxy) is 1. The minimum atomic E-state index is -1.21. The van der Waals surface area contributed by atoms with Crippen LogP contribution in [0.2, 0.25) is 0 Å². The van der Waals surface area contributed by atoms with Crippen molar-refractivity contribution in [1.82, 2.24) is 9.97 Å². The number of anilines is 1. The number of nitrogens with zero attached hydrogens (tertiary/aromatic N) is 2. The van der Waals surface area contributed by atoms with E-state index in [1.807, 2.05) is 6.92 Å². The lowest BCUT2D eigenvalue weighted by atomic mass is 10.0. The van der Waals surface area contributed by atoms with E-state index in [1.54, 1.807) is 32.9 Å². The van der Waals surface area contributed by atoms with E-state index in [9.17, 15) is 9.90 Å². The summed E-state index contributed by atoms with van der Waals surface area (Å²) in [5.41, 5.74) is -0.439. The summed E-state index contributed by atoms with van der Waals surface area (Å²) < 4.78 is 10.4. The summed E-state index contributed by atoms with van der Waals surface area (Å²) in [5, 5.41) is 14.6. The van der Waals surface area contributed by atoms with Gasteiger partial charge < -0.3 is 19.6 Å². The summed E-state index contributed by atoms with van der Waals surface area (Å²) in [5.74, 6) is 1.25. The Bertz CT molecular complexity index is 932. The van der Waals surface area contributed by atoms with Gasteiger partial charge in [-0.3, -0.25) is 0 Å². The zero-order chi connectivity index (χ0) is 18.9. The van der Waals surface area contributed by atoms with E-state index in [1.165, 1.54) is 17.6 Å². The van der Waals surface area contributed by atoms with Crippen molar-refractivity contribution in [3.63, 3.8) is 0 Å². The maximum Gasteiger partial charge on any atom is 0.348 e. The van der Waals surface area contributed by atoms with Gasteiger partial charge in [0.05, 0.1) is 24.8 Å². The van der Waals surface area contributed by atoms with E-state index in [0.29, 0.717) is 33.7 Å². The number of thiophene rings is 1. The molecule has 2 N–H and O–H groups in total. The molecule has 0 radical (unpaired) electrons. The molecule has 0 spiro atoms. The van der Waals surface area contributed by atoms with E-state index in [-0.39, 0.29) is 12.5 Å². The van der Waals surface area contributed by atoms with Gasteiger partial charge >= 0.3 is 5.97 Å². The van der Waals surface area contributed by atoms with E-state index < -0.39 is 5.60 Å².